The molecule has 1 aromatic rings. The van der Waals surface area contributed by atoms with E-state index in [1.54, 1.807) is 14.2 Å². The van der Waals surface area contributed by atoms with Crippen LogP contribution in [-0.2, 0) is 4.74 Å². The normalized spacial score (nSPS) is 20.9. The Kier molecular flexibility index (Phi) is 9.14. The molecule has 1 heterocycles. The first-order valence-corrected chi connectivity index (χ1v) is 10.0. The fourth-order valence-electron chi connectivity index (χ4n) is 4.16. The number of anilines is 1. The lowest BCUT2D eigenvalue weighted by atomic mass is 9.67. The summed E-state index contributed by atoms with van der Waals surface area (Å²) in [5.41, 5.74) is 1.55. The van der Waals surface area contributed by atoms with Crippen molar-refractivity contribution in [3.63, 3.8) is 0 Å². The largest absolute Gasteiger partial charge is 0.495 e. The summed E-state index contributed by atoms with van der Waals surface area (Å²) in [7, 11) is 5.37. The molecular formula is C21H35IN4O2. The number of methoxy groups -OCH3 is 2. The average Bonchev–Trinajstić information content (AvgIpc) is 3.14. The van der Waals surface area contributed by atoms with Gasteiger partial charge in [-0.3, -0.25) is 4.99 Å². The van der Waals surface area contributed by atoms with Crippen LogP contribution in [0.25, 0.3) is 0 Å². The van der Waals surface area contributed by atoms with Crippen LogP contribution in [0.5, 0.6) is 5.75 Å². The third-order valence-corrected chi connectivity index (χ3v) is 6.06. The van der Waals surface area contributed by atoms with Crippen LogP contribution in [-0.4, -0.2) is 59.5 Å². The summed E-state index contributed by atoms with van der Waals surface area (Å²) >= 11 is 0. The second kappa shape index (κ2) is 11.1. The van der Waals surface area contributed by atoms with Crippen molar-refractivity contribution in [2.24, 2.45) is 10.4 Å². The molecule has 6 nitrogen and oxygen atoms in total. The Balaban J connectivity index is 0.00000280. The Bertz CT molecular complexity index is 637. The quantitative estimate of drug-likeness (QED) is 0.325. The first-order valence-electron chi connectivity index (χ1n) is 10.0. The molecule has 1 atom stereocenters. The second-order valence-electron chi connectivity index (χ2n) is 7.77. The molecule has 158 valence electrons. The minimum absolute atomic E-state index is 0. The van der Waals surface area contributed by atoms with E-state index in [9.17, 15) is 0 Å². The maximum Gasteiger partial charge on any atom is 0.191 e. The van der Waals surface area contributed by atoms with Crippen molar-refractivity contribution in [3.8, 4) is 5.75 Å². The number of rotatable bonds is 8. The molecule has 0 radical (unpaired) electrons. The number of aliphatic imine (C=N–C) groups is 1. The number of ether oxygens (including phenoxy) is 2. The topological polar surface area (TPSA) is 58.1 Å². The lowest BCUT2D eigenvalue weighted by molar-refractivity contribution is 0.0732. The molecule has 28 heavy (non-hydrogen) atoms. The highest BCUT2D eigenvalue weighted by Crippen LogP contribution is 2.43. The van der Waals surface area contributed by atoms with Crippen LogP contribution < -0.4 is 20.3 Å². The van der Waals surface area contributed by atoms with Crippen LogP contribution in [0.3, 0.4) is 0 Å². The molecule has 1 aliphatic carbocycles. The number of nitrogens with one attached hydrogen (secondary N) is 2. The van der Waals surface area contributed by atoms with E-state index in [0.717, 1.165) is 50.8 Å². The number of benzene rings is 1. The highest BCUT2D eigenvalue weighted by atomic mass is 127. The summed E-state index contributed by atoms with van der Waals surface area (Å²) in [6, 6.07) is 8.62. The third kappa shape index (κ3) is 5.65. The molecule has 2 aliphatic rings. The number of para-hydroxylation sites is 2. The molecule has 0 bridgehead atoms. The second-order valence-corrected chi connectivity index (χ2v) is 7.77. The molecule has 1 unspecified atom stereocenters. The van der Waals surface area contributed by atoms with E-state index in [0.29, 0.717) is 11.5 Å². The smallest absolute Gasteiger partial charge is 0.191 e. The molecular weight excluding hydrogens is 467 g/mol. The van der Waals surface area contributed by atoms with Gasteiger partial charge in [-0.05, 0) is 43.2 Å². The van der Waals surface area contributed by atoms with Crippen molar-refractivity contribution in [2.75, 3.05) is 52.4 Å². The van der Waals surface area contributed by atoms with Crippen LogP contribution >= 0.6 is 24.0 Å². The van der Waals surface area contributed by atoms with Crippen LogP contribution in [0.15, 0.2) is 29.3 Å². The number of halogens is 1. The standard InChI is InChI=1S/C21H34N4O2.HI/c1-22-20(23-16-21(10-6-11-21)12-14-26-2)24-17-9-13-25(15-17)18-7-4-5-8-19(18)27-3;/h4-5,7-8,17H,6,9-16H2,1-3H3,(H2,22,23,24);1H. The highest BCUT2D eigenvalue weighted by Gasteiger charge is 2.36. The molecule has 2 N–H and O–H groups in total. The van der Waals surface area contributed by atoms with Gasteiger partial charge < -0.3 is 25.0 Å². The molecule has 0 amide bonds. The third-order valence-electron chi connectivity index (χ3n) is 6.06. The fourth-order valence-corrected chi connectivity index (χ4v) is 4.16. The molecule has 7 heteroatoms. The maximum absolute atomic E-state index is 5.51. The SMILES string of the molecule is CN=C(NCC1(CCOC)CCC1)NC1CCN(c2ccccc2OC)C1.I. The predicted octanol–water partition coefficient (Wildman–Crippen LogP) is 3.26. The van der Waals surface area contributed by atoms with E-state index in [1.807, 2.05) is 19.2 Å². The van der Waals surface area contributed by atoms with E-state index in [4.69, 9.17) is 9.47 Å². The minimum atomic E-state index is 0. The van der Waals surface area contributed by atoms with Gasteiger partial charge in [-0.2, -0.15) is 0 Å². The average molecular weight is 502 g/mol. The molecule has 1 aromatic carbocycles. The monoisotopic (exact) mass is 502 g/mol. The summed E-state index contributed by atoms with van der Waals surface area (Å²) in [6.07, 6.45) is 6.11. The summed E-state index contributed by atoms with van der Waals surface area (Å²) in [6.45, 7) is 3.78. The van der Waals surface area contributed by atoms with Gasteiger partial charge >= 0.3 is 0 Å². The molecule has 1 saturated heterocycles. The Labute approximate surface area is 186 Å². The van der Waals surface area contributed by atoms with Crippen molar-refractivity contribution in [1.29, 1.82) is 0 Å². The molecule has 1 aliphatic heterocycles. The number of nitrogens with zero attached hydrogens (tertiary/aromatic N) is 2. The van der Waals surface area contributed by atoms with Crippen LogP contribution in [0.2, 0.25) is 0 Å². The molecule has 3 rings (SSSR count). The zero-order valence-electron chi connectivity index (χ0n) is 17.4. The van der Waals surface area contributed by atoms with Crippen LogP contribution in [0.1, 0.15) is 32.1 Å². The van der Waals surface area contributed by atoms with Gasteiger partial charge in [-0.1, -0.05) is 18.6 Å². The Morgan fingerprint density at radius 1 is 1.29 bits per heavy atom. The van der Waals surface area contributed by atoms with E-state index in [-0.39, 0.29) is 24.0 Å². The summed E-state index contributed by atoms with van der Waals surface area (Å²) in [5, 5.41) is 7.17. The Morgan fingerprint density at radius 2 is 2.07 bits per heavy atom. The van der Waals surface area contributed by atoms with Crippen molar-refractivity contribution < 1.29 is 9.47 Å². The van der Waals surface area contributed by atoms with E-state index in [1.165, 1.54) is 24.9 Å². The van der Waals surface area contributed by atoms with Crippen molar-refractivity contribution in [1.82, 2.24) is 10.6 Å². The predicted molar refractivity (Wildman–Crippen MR) is 126 cm³/mol. The van der Waals surface area contributed by atoms with Gasteiger partial charge in [0.25, 0.3) is 0 Å². The van der Waals surface area contributed by atoms with Gasteiger partial charge in [0.1, 0.15) is 5.75 Å². The molecule has 2 fully saturated rings. The first-order chi connectivity index (χ1) is 13.2. The zero-order chi connectivity index (χ0) is 19.1. The van der Waals surface area contributed by atoms with Gasteiger partial charge in [0.05, 0.1) is 12.8 Å². The number of hydrogen-bond acceptors (Lipinski definition) is 4. The zero-order valence-corrected chi connectivity index (χ0v) is 19.7. The summed E-state index contributed by atoms with van der Waals surface area (Å²) in [5.74, 6) is 1.84. The fraction of sp³-hybridized carbons (Fsp3) is 0.667. The number of guanidine groups is 1. The Hall–Kier alpha value is -1.22. The molecule has 0 aromatic heterocycles. The van der Waals surface area contributed by atoms with E-state index < -0.39 is 0 Å². The van der Waals surface area contributed by atoms with Crippen molar-refractivity contribution in [2.45, 2.75) is 38.1 Å². The lowest BCUT2D eigenvalue weighted by Crippen LogP contribution is -2.49. The van der Waals surface area contributed by atoms with Crippen molar-refractivity contribution in [3.05, 3.63) is 24.3 Å². The number of hydrogen-bond donors (Lipinski definition) is 2. The van der Waals surface area contributed by atoms with Gasteiger partial charge in [0.15, 0.2) is 5.96 Å². The molecule has 0 spiro atoms. The van der Waals surface area contributed by atoms with Crippen LogP contribution in [0, 0.1) is 5.41 Å². The Morgan fingerprint density at radius 3 is 2.71 bits per heavy atom. The van der Waals surface area contributed by atoms with Crippen LogP contribution in [0.4, 0.5) is 5.69 Å². The lowest BCUT2D eigenvalue weighted by Gasteiger charge is -2.42. The van der Waals surface area contributed by atoms with Crippen molar-refractivity contribution >= 4 is 35.6 Å². The van der Waals surface area contributed by atoms with E-state index in [2.05, 4.69) is 32.7 Å². The summed E-state index contributed by atoms with van der Waals surface area (Å²) < 4.78 is 10.8. The van der Waals surface area contributed by atoms with Gasteiger partial charge in [-0.15, -0.1) is 24.0 Å². The first kappa shape index (κ1) is 23.1. The highest BCUT2D eigenvalue weighted by molar-refractivity contribution is 14.0. The van der Waals surface area contributed by atoms with Gasteiger partial charge in [-0.25, -0.2) is 0 Å². The minimum Gasteiger partial charge on any atom is -0.495 e. The van der Waals surface area contributed by atoms with E-state index >= 15 is 0 Å². The summed E-state index contributed by atoms with van der Waals surface area (Å²) in [4.78, 5) is 6.83. The van der Waals surface area contributed by atoms with Gasteiger partial charge in [0.2, 0.25) is 0 Å². The molecule has 1 saturated carbocycles. The maximum atomic E-state index is 5.51. The van der Waals surface area contributed by atoms with Gasteiger partial charge in [0, 0.05) is 46.4 Å².